The number of hydrogen-bond acceptors (Lipinski definition) is 4. The number of alkyl halides is 3. The van der Waals surface area contributed by atoms with Gasteiger partial charge in [-0.1, -0.05) is 36.4 Å². The molecule has 6 nitrogen and oxygen atoms in total. The monoisotopic (exact) mass is 532 g/mol. The Morgan fingerprint density at radius 3 is 2.39 bits per heavy atom. The van der Waals surface area contributed by atoms with E-state index in [-0.39, 0.29) is 24.3 Å². The SMILES string of the molecule is CCOC1CC(C2CCC(O)(c3ccccc3)CC2)C[C@@H]1NC(=O)CNC(=O)c1cccc(C(F)(F)F)c1. The molecule has 2 saturated carbocycles. The fourth-order valence-electron chi connectivity index (χ4n) is 5.96. The van der Waals surface area contributed by atoms with Gasteiger partial charge < -0.3 is 20.5 Å². The van der Waals surface area contributed by atoms with Crippen LogP contribution in [0.2, 0.25) is 0 Å². The number of ether oxygens (including phenoxy) is 1. The molecule has 38 heavy (non-hydrogen) atoms. The molecule has 2 aromatic rings. The normalized spacial score (nSPS) is 27.6. The quantitative estimate of drug-likeness (QED) is 0.455. The highest BCUT2D eigenvalue weighted by Gasteiger charge is 2.43. The van der Waals surface area contributed by atoms with Crippen molar-refractivity contribution in [2.75, 3.05) is 13.2 Å². The Labute approximate surface area is 221 Å². The maximum Gasteiger partial charge on any atom is 0.416 e. The van der Waals surface area contributed by atoms with E-state index in [1.165, 1.54) is 6.07 Å². The number of benzene rings is 2. The molecule has 0 saturated heterocycles. The van der Waals surface area contributed by atoms with Crippen LogP contribution in [0.15, 0.2) is 54.6 Å². The third-order valence-electron chi connectivity index (χ3n) is 7.96. The van der Waals surface area contributed by atoms with E-state index in [1.54, 1.807) is 0 Å². The molecule has 3 N–H and O–H groups in total. The number of carbonyl (C=O) groups is 2. The third kappa shape index (κ3) is 6.74. The van der Waals surface area contributed by atoms with E-state index in [4.69, 9.17) is 4.74 Å². The molecule has 0 radical (unpaired) electrons. The highest BCUT2D eigenvalue weighted by Crippen LogP contribution is 2.46. The Hall–Kier alpha value is -2.91. The molecule has 2 amide bonds. The Bertz CT molecular complexity index is 1100. The molecule has 206 valence electrons. The molecule has 0 bridgehead atoms. The van der Waals surface area contributed by atoms with Crippen molar-refractivity contribution in [2.45, 2.75) is 69.4 Å². The van der Waals surface area contributed by atoms with E-state index >= 15 is 0 Å². The molecule has 3 atom stereocenters. The Balaban J connectivity index is 1.30. The fourth-order valence-corrected chi connectivity index (χ4v) is 5.96. The summed E-state index contributed by atoms with van der Waals surface area (Å²) in [5, 5.41) is 16.5. The molecular weight excluding hydrogens is 497 g/mol. The Kier molecular flexibility index (Phi) is 8.78. The average molecular weight is 533 g/mol. The van der Waals surface area contributed by atoms with E-state index in [0.717, 1.165) is 49.4 Å². The van der Waals surface area contributed by atoms with E-state index in [0.29, 0.717) is 31.3 Å². The van der Waals surface area contributed by atoms with Crippen LogP contribution in [-0.2, 0) is 21.3 Å². The lowest BCUT2D eigenvalue weighted by Gasteiger charge is -2.38. The van der Waals surface area contributed by atoms with Crippen LogP contribution in [0, 0.1) is 11.8 Å². The van der Waals surface area contributed by atoms with E-state index < -0.39 is 29.2 Å². The maximum absolute atomic E-state index is 12.9. The van der Waals surface area contributed by atoms with Crippen LogP contribution in [0.5, 0.6) is 0 Å². The smallest absolute Gasteiger partial charge is 0.385 e. The van der Waals surface area contributed by atoms with Gasteiger partial charge in [-0.05, 0) is 81.0 Å². The highest BCUT2D eigenvalue weighted by molar-refractivity contribution is 5.96. The van der Waals surface area contributed by atoms with Crippen molar-refractivity contribution in [3.05, 3.63) is 71.3 Å². The van der Waals surface area contributed by atoms with Gasteiger partial charge in [0.25, 0.3) is 5.91 Å². The lowest BCUT2D eigenvalue weighted by atomic mass is 9.71. The van der Waals surface area contributed by atoms with Gasteiger partial charge in [0.2, 0.25) is 5.91 Å². The summed E-state index contributed by atoms with van der Waals surface area (Å²) >= 11 is 0. The van der Waals surface area contributed by atoms with Gasteiger partial charge in [0.15, 0.2) is 0 Å². The van der Waals surface area contributed by atoms with Crippen LogP contribution in [0.4, 0.5) is 13.2 Å². The second-order valence-electron chi connectivity index (χ2n) is 10.4. The van der Waals surface area contributed by atoms with Crippen LogP contribution in [0.25, 0.3) is 0 Å². The number of halogens is 3. The van der Waals surface area contributed by atoms with Gasteiger partial charge in [0, 0.05) is 12.2 Å². The minimum Gasteiger partial charge on any atom is -0.385 e. The predicted molar refractivity (Wildman–Crippen MR) is 136 cm³/mol. The molecule has 0 aromatic heterocycles. The summed E-state index contributed by atoms with van der Waals surface area (Å²) in [5.41, 5.74) is -0.930. The van der Waals surface area contributed by atoms with Gasteiger partial charge in [0.1, 0.15) is 0 Å². The van der Waals surface area contributed by atoms with Crippen molar-refractivity contribution in [1.82, 2.24) is 10.6 Å². The van der Waals surface area contributed by atoms with Crippen molar-refractivity contribution < 1.29 is 32.6 Å². The molecule has 0 aliphatic heterocycles. The predicted octanol–water partition coefficient (Wildman–Crippen LogP) is 4.81. The standard InChI is InChI=1S/C29H35F3N2O4/c1-2-38-25-17-21(19-11-13-28(37,14-12-19)22-8-4-3-5-9-22)16-24(25)34-26(35)18-33-27(36)20-7-6-10-23(15-20)29(30,31)32/h3-10,15,19,21,24-25,37H,2,11-14,16-18H2,1H3,(H,33,36)(H,34,35)/t19?,21?,24-,25?,28?/m0/s1. The molecule has 2 fully saturated rings. The summed E-state index contributed by atoms with van der Waals surface area (Å²) in [6.45, 7) is 2.07. The van der Waals surface area contributed by atoms with E-state index in [2.05, 4.69) is 10.6 Å². The number of amides is 2. The van der Waals surface area contributed by atoms with Gasteiger partial charge >= 0.3 is 6.18 Å². The molecule has 2 aliphatic carbocycles. The van der Waals surface area contributed by atoms with Gasteiger partial charge in [0.05, 0.1) is 29.9 Å². The van der Waals surface area contributed by atoms with Gasteiger partial charge in [-0.15, -0.1) is 0 Å². The van der Waals surface area contributed by atoms with E-state index in [1.807, 2.05) is 37.3 Å². The second kappa shape index (κ2) is 11.9. The van der Waals surface area contributed by atoms with Gasteiger partial charge in [-0.2, -0.15) is 13.2 Å². The zero-order valence-electron chi connectivity index (χ0n) is 21.5. The van der Waals surface area contributed by atoms with Gasteiger partial charge in [-0.3, -0.25) is 9.59 Å². The number of carbonyl (C=O) groups excluding carboxylic acids is 2. The maximum atomic E-state index is 12.9. The third-order valence-corrected chi connectivity index (χ3v) is 7.96. The molecule has 4 rings (SSSR count). The molecule has 2 unspecified atom stereocenters. The Morgan fingerprint density at radius 2 is 1.74 bits per heavy atom. The molecule has 0 heterocycles. The summed E-state index contributed by atoms with van der Waals surface area (Å²) in [6.07, 6.45) is 0.00991. The van der Waals surface area contributed by atoms with Crippen LogP contribution >= 0.6 is 0 Å². The first-order chi connectivity index (χ1) is 18.1. The lowest BCUT2D eigenvalue weighted by molar-refractivity contribution is -0.137. The first-order valence-corrected chi connectivity index (χ1v) is 13.2. The van der Waals surface area contributed by atoms with Crippen molar-refractivity contribution >= 4 is 11.8 Å². The summed E-state index contributed by atoms with van der Waals surface area (Å²) < 4.78 is 44.7. The Morgan fingerprint density at radius 1 is 1.03 bits per heavy atom. The highest BCUT2D eigenvalue weighted by atomic mass is 19.4. The largest absolute Gasteiger partial charge is 0.416 e. The molecule has 0 spiro atoms. The first-order valence-electron chi connectivity index (χ1n) is 13.2. The number of nitrogens with one attached hydrogen (secondary N) is 2. The van der Waals surface area contributed by atoms with Crippen molar-refractivity contribution in [1.29, 1.82) is 0 Å². The van der Waals surface area contributed by atoms with Crippen LogP contribution < -0.4 is 10.6 Å². The van der Waals surface area contributed by atoms with Crippen molar-refractivity contribution in [2.24, 2.45) is 11.8 Å². The summed E-state index contributed by atoms with van der Waals surface area (Å²) in [5.74, 6) is -0.394. The molecule has 2 aromatic carbocycles. The van der Waals surface area contributed by atoms with Gasteiger partial charge in [-0.25, -0.2) is 0 Å². The summed E-state index contributed by atoms with van der Waals surface area (Å²) in [7, 11) is 0. The zero-order chi connectivity index (χ0) is 27.3. The molecular formula is C29H35F3N2O4. The van der Waals surface area contributed by atoms with Crippen LogP contribution in [0.1, 0.15) is 66.9 Å². The van der Waals surface area contributed by atoms with Crippen LogP contribution in [-0.4, -0.2) is 42.2 Å². The summed E-state index contributed by atoms with van der Waals surface area (Å²) in [4.78, 5) is 25.0. The molecule has 2 aliphatic rings. The number of rotatable bonds is 8. The van der Waals surface area contributed by atoms with Crippen LogP contribution in [0.3, 0.4) is 0 Å². The minimum absolute atomic E-state index is 0.150. The van der Waals surface area contributed by atoms with E-state index in [9.17, 15) is 27.9 Å². The molecule has 9 heteroatoms. The fraction of sp³-hybridized carbons (Fsp3) is 0.517. The number of aliphatic hydroxyl groups is 1. The van der Waals surface area contributed by atoms with Crippen molar-refractivity contribution in [3.8, 4) is 0 Å². The first kappa shape index (κ1) is 28.1. The number of hydrogen-bond donors (Lipinski definition) is 3. The summed E-state index contributed by atoms with van der Waals surface area (Å²) in [6, 6.07) is 13.6. The minimum atomic E-state index is -4.56. The topological polar surface area (TPSA) is 87.7 Å². The zero-order valence-corrected chi connectivity index (χ0v) is 21.5. The average Bonchev–Trinajstić information content (AvgIpc) is 3.30. The second-order valence-corrected chi connectivity index (χ2v) is 10.4. The lowest BCUT2D eigenvalue weighted by Crippen LogP contribution is -2.45. The van der Waals surface area contributed by atoms with Crippen molar-refractivity contribution in [3.63, 3.8) is 0 Å².